The van der Waals surface area contributed by atoms with Crippen LogP contribution in [0.2, 0.25) is 0 Å². The molecule has 0 saturated carbocycles. The predicted octanol–water partition coefficient (Wildman–Crippen LogP) is 1.33. The lowest BCUT2D eigenvalue weighted by Gasteiger charge is -2.23. The summed E-state index contributed by atoms with van der Waals surface area (Å²) in [7, 11) is 1.71. The number of aryl methyl sites for hydroxylation is 1. The van der Waals surface area contributed by atoms with E-state index >= 15 is 0 Å². The topological polar surface area (TPSA) is 102 Å². The molecule has 2 heterocycles. The number of carboxylic acids is 1. The molecule has 1 aliphatic rings. The summed E-state index contributed by atoms with van der Waals surface area (Å²) in [4.78, 5) is 27.7. The molecule has 1 aromatic heterocycles. The highest BCUT2D eigenvalue weighted by Gasteiger charge is 2.45. The molecule has 2 rings (SSSR count). The van der Waals surface area contributed by atoms with Gasteiger partial charge in [-0.05, 0) is 22.7 Å². The molecule has 110 valence electrons. The molecule has 0 radical (unpaired) electrons. The summed E-state index contributed by atoms with van der Waals surface area (Å²) in [6.45, 7) is 4.29. The monoisotopic (exact) mass is 282 g/mol. The number of carbonyl (C=O) groups is 1. The molecule has 8 nitrogen and oxygen atoms in total. The van der Waals surface area contributed by atoms with Gasteiger partial charge in [-0.15, -0.1) is 0 Å². The second-order valence-corrected chi connectivity index (χ2v) is 5.23. The van der Waals surface area contributed by atoms with Crippen molar-refractivity contribution in [1.82, 2.24) is 9.55 Å². The van der Waals surface area contributed by atoms with Crippen molar-refractivity contribution in [2.75, 3.05) is 18.0 Å². The van der Waals surface area contributed by atoms with Crippen molar-refractivity contribution in [3.8, 4) is 0 Å². The third-order valence-electron chi connectivity index (χ3n) is 4.23. The summed E-state index contributed by atoms with van der Waals surface area (Å²) < 4.78 is 1.64. The molecule has 0 aromatic carbocycles. The number of rotatable bonds is 4. The molecule has 1 fully saturated rings. The quantitative estimate of drug-likeness (QED) is 0.660. The SMILES string of the molecule is CCC1(C(=O)O)CCN(c2c([N+](=O)[O-])nc(C)n2C)C1. The standard InChI is InChI=1S/C12H18N4O4/c1-4-12(11(17)18)5-6-15(7-12)10-9(16(19)20)13-8(2)14(10)3/h4-7H2,1-3H3,(H,17,18). The number of anilines is 1. The van der Waals surface area contributed by atoms with E-state index in [0.29, 0.717) is 31.0 Å². The van der Waals surface area contributed by atoms with Crippen LogP contribution in [0.5, 0.6) is 0 Å². The van der Waals surface area contributed by atoms with E-state index in [-0.39, 0.29) is 12.4 Å². The summed E-state index contributed by atoms with van der Waals surface area (Å²) >= 11 is 0. The molecule has 8 heteroatoms. The van der Waals surface area contributed by atoms with Crippen molar-refractivity contribution >= 4 is 17.6 Å². The van der Waals surface area contributed by atoms with Gasteiger partial charge < -0.3 is 20.1 Å². The maximum absolute atomic E-state index is 11.5. The van der Waals surface area contributed by atoms with Crippen LogP contribution in [-0.2, 0) is 11.8 Å². The van der Waals surface area contributed by atoms with E-state index < -0.39 is 16.3 Å². The number of aliphatic carboxylic acids is 1. The summed E-state index contributed by atoms with van der Waals surface area (Å²) in [6.07, 6.45) is 0.990. The minimum atomic E-state index is -0.843. The third kappa shape index (κ3) is 2.00. The molecule has 20 heavy (non-hydrogen) atoms. The van der Waals surface area contributed by atoms with Gasteiger partial charge in [-0.25, -0.2) is 0 Å². The fraction of sp³-hybridized carbons (Fsp3) is 0.667. The Hall–Kier alpha value is -2.12. The second-order valence-electron chi connectivity index (χ2n) is 5.23. The Labute approximate surface area is 116 Å². The van der Waals surface area contributed by atoms with E-state index in [1.54, 1.807) is 23.4 Å². The van der Waals surface area contributed by atoms with Crippen LogP contribution in [0, 0.1) is 22.5 Å². The molecular formula is C12H18N4O4. The van der Waals surface area contributed by atoms with Gasteiger partial charge in [0.15, 0.2) is 0 Å². The molecule has 1 aromatic rings. The molecule has 0 amide bonds. The van der Waals surface area contributed by atoms with Crippen LogP contribution in [0.15, 0.2) is 0 Å². The minimum absolute atomic E-state index is 0.206. The van der Waals surface area contributed by atoms with Crippen molar-refractivity contribution in [2.24, 2.45) is 12.5 Å². The number of nitro groups is 1. The number of carboxylic acid groups (broad SMARTS) is 1. The first-order valence-electron chi connectivity index (χ1n) is 6.48. The van der Waals surface area contributed by atoms with Gasteiger partial charge in [-0.3, -0.25) is 9.36 Å². The second kappa shape index (κ2) is 4.77. The van der Waals surface area contributed by atoms with Gasteiger partial charge in [-0.1, -0.05) is 6.92 Å². The Morgan fingerprint density at radius 2 is 2.25 bits per heavy atom. The van der Waals surface area contributed by atoms with Crippen molar-refractivity contribution in [3.63, 3.8) is 0 Å². The lowest BCUT2D eigenvalue weighted by Crippen LogP contribution is -2.34. The fourth-order valence-corrected chi connectivity index (χ4v) is 2.73. The van der Waals surface area contributed by atoms with Gasteiger partial charge in [0.25, 0.3) is 0 Å². The molecule has 1 unspecified atom stereocenters. The average molecular weight is 282 g/mol. The van der Waals surface area contributed by atoms with Gasteiger partial charge in [-0.2, -0.15) is 0 Å². The highest BCUT2D eigenvalue weighted by molar-refractivity contribution is 5.77. The van der Waals surface area contributed by atoms with Crippen molar-refractivity contribution < 1.29 is 14.8 Å². The first-order chi connectivity index (χ1) is 9.32. The number of imidazole rings is 1. The van der Waals surface area contributed by atoms with Gasteiger partial charge in [0, 0.05) is 27.1 Å². The molecule has 0 bridgehead atoms. The summed E-state index contributed by atoms with van der Waals surface area (Å²) in [6, 6.07) is 0. The molecular weight excluding hydrogens is 264 g/mol. The normalized spacial score (nSPS) is 22.2. The molecule has 1 N–H and O–H groups in total. The first-order valence-corrected chi connectivity index (χ1v) is 6.48. The van der Waals surface area contributed by atoms with Crippen LogP contribution in [0.25, 0.3) is 0 Å². The summed E-state index contributed by atoms with van der Waals surface area (Å²) in [5, 5.41) is 20.5. The Balaban J connectivity index is 2.40. The highest BCUT2D eigenvalue weighted by atomic mass is 16.6. The Morgan fingerprint density at radius 3 is 2.70 bits per heavy atom. The first kappa shape index (κ1) is 14.3. The van der Waals surface area contributed by atoms with E-state index in [9.17, 15) is 20.0 Å². The highest BCUT2D eigenvalue weighted by Crippen LogP contribution is 2.39. The van der Waals surface area contributed by atoms with Gasteiger partial charge in [0.1, 0.15) is 0 Å². The smallest absolute Gasteiger partial charge is 0.406 e. The van der Waals surface area contributed by atoms with Gasteiger partial charge in [0.05, 0.1) is 5.41 Å². The molecule has 1 aliphatic heterocycles. The van der Waals surface area contributed by atoms with Crippen molar-refractivity contribution in [2.45, 2.75) is 26.7 Å². The van der Waals surface area contributed by atoms with Crippen LogP contribution in [0.3, 0.4) is 0 Å². The van der Waals surface area contributed by atoms with Crippen LogP contribution >= 0.6 is 0 Å². The van der Waals surface area contributed by atoms with E-state index in [1.807, 2.05) is 6.92 Å². The largest absolute Gasteiger partial charge is 0.481 e. The zero-order valence-corrected chi connectivity index (χ0v) is 11.8. The number of aromatic nitrogens is 2. The molecule has 0 spiro atoms. The van der Waals surface area contributed by atoms with E-state index in [4.69, 9.17) is 0 Å². The van der Waals surface area contributed by atoms with Gasteiger partial charge >= 0.3 is 11.8 Å². The van der Waals surface area contributed by atoms with Gasteiger partial charge in [0.2, 0.25) is 11.6 Å². The minimum Gasteiger partial charge on any atom is -0.481 e. The Morgan fingerprint density at radius 1 is 1.60 bits per heavy atom. The maximum atomic E-state index is 11.5. The zero-order chi connectivity index (χ0) is 15.1. The third-order valence-corrected chi connectivity index (χ3v) is 4.23. The van der Waals surface area contributed by atoms with Crippen molar-refractivity contribution in [3.05, 3.63) is 15.9 Å². The Bertz CT molecular complexity index is 568. The van der Waals surface area contributed by atoms with Crippen LogP contribution < -0.4 is 4.90 Å². The number of nitrogens with zero attached hydrogens (tertiary/aromatic N) is 4. The molecule has 0 aliphatic carbocycles. The fourth-order valence-electron chi connectivity index (χ4n) is 2.73. The average Bonchev–Trinajstić information content (AvgIpc) is 2.93. The molecule has 1 saturated heterocycles. The maximum Gasteiger partial charge on any atom is 0.406 e. The van der Waals surface area contributed by atoms with E-state index in [2.05, 4.69) is 4.98 Å². The van der Waals surface area contributed by atoms with Crippen molar-refractivity contribution in [1.29, 1.82) is 0 Å². The van der Waals surface area contributed by atoms with Crippen LogP contribution in [-0.4, -0.2) is 38.6 Å². The summed E-state index contributed by atoms with van der Waals surface area (Å²) in [5.74, 6) is -0.119. The molecule has 1 atom stereocenters. The lowest BCUT2D eigenvalue weighted by atomic mass is 9.84. The van der Waals surface area contributed by atoms with E-state index in [0.717, 1.165) is 0 Å². The number of hydrogen-bond acceptors (Lipinski definition) is 5. The van der Waals surface area contributed by atoms with Crippen LogP contribution in [0.4, 0.5) is 11.6 Å². The number of hydrogen-bond donors (Lipinski definition) is 1. The predicted molar refractivity (Wildman–Crippen MR) is 71.8 cm³/mol. The Kier molecular flexibility index (Phi) is 3.41. The summed E-state index contributed by atoms with van der Waals surface area (Å²) in [5.41, 5.74) is -0.827. The van der Waals surface area contributed by atoms with Crippen LogP contribution in [0.1, 0.15) is 25.6 Å². The van der Waals surface area contributed by atoms with E-state index in [1.165, 1.54) is 0 Å². The zero-order valence-electron chi connectivity index (χ0n) is 11.8. The lowest BCUT2D eigenvalue weighted by molar-refractivity contribution is -0.388.